The minimum absolute atomic E-state index is 0.385. The van der Waals surface area contributed by atoms with Crippen molar-refractivity contribution in [3.8, 4) is 11.7 Å². The Bertz CT molecular complexity index is 960. The van der Waals surface area contributed by atoms with Gasteiger partial charge in [-0.1, -0.05) is 12.1 Å². The fraction of sp³-hybridized carbons (Fsp3) is 0.444. The molecule has 26 heavy (non-hydrogen) atoms. The second-order valence-electron chi connectivity index (χ2n) is 7.61. The van der Waals surface area contributed by atoms with E-state index in [-0.39, 0.29) is 11.2 Å². The Balaban J connectivity index is 1.77. The van der Waals surface area contributed by atoms with Crippen LogP contribution in [0.15, 0.2) is 30.5 Å². The highest BCUT2D eigenvalue weighted by Crippen LogP contribution is 2.37. The number of rotatable bonds is 3. The van der Waals surface area contributed by atoms with Crippen LogP contribution in [0.2, 0.25) is 0 Å². The third-order valence-electron chi connectivity index (χ3n) is 5.36. The highest BCUT2D eigenvalue weighted by molar-refractivity contribution is 6.65. The quantitative estimate of drug-likeness (QED) is 0.674. The molecule has 136 valence electrons. The minimum Gasteiger partial charge on any atom is -0.481 e. The summed E-state index contributed by atoms with van der Waals surface area (Å²) in [6.07, 6.45) is 1.96. The lowest BCUT2D eigenvalue weighted by atomic mass is 9.77. The van der Waals surface area contributed by atoms with Crippen molar-refractivity contribution in [2.45, 2.75) is 38.9 Å². The number of benzene rings is 1. The number of aryl methyl sites for hydroxylation is 1. The molecule has 0 unspecified atom stereocenters. The van der Waals surface area contributed by atoms with Crippen molar-refractivity contribution in [2.24, 2.45) is 7.05 Å². The normalized spacial score (nSPS) is 18.6. The molecule has 0 atom stereocenters. The van der Waals surface area contributed by atoms with E-state index >= 15 is 0 Å². The molecule has 3 heterocycles. The summed E-state index contributed by atoms with van der Waals surface area (Å²) in [4.78, 5) is 0. The van der Waals surface area contributed by atoms with Gasteiger partial charge in [0.25, 0.3) is 0 Å². The molecule has 0 radical (unpaired) electrons. The van der Waals surface area contributed by atoms with Gasteiger partial charge in [-0.25, -0.2) is 9.36 Å². The molecule has 2 aromatic heterocycles. The van der Waals surface area contributed by atoms with Crippen molar-refractivity contribution >= 4 is 23.5 Å². The second-order valence-corrected chi connectivity index (χ2v) is 7.61. The zero-order chi connectivity index (χ0) is 18.7. The van der Waals surface area contributed by atoms with Crippen LogP contribution in [0.25, 0.3) is 16.7 Å². The molecule has 8 heteroatoms. The van der Waals surface area contributed by atoms with Gasteiger partial charge >= 0.3 is 7.12 Å². The topological polar surface area (TPSA) is 63.3 Å². The number of aromatic nitrogens is 4. The second kappa shape index (κ2) is 5.59. The average molecular weight is 354 g/mol. The zero-order valence-corrected chi connectivity index (χ0v) is 16.0. The first-order chi connectivity index (χ1) is 12.2. The SMILES string of the molecule is COc1cc(-n2cc3c(B4OC(C)(C)C(C)(C)O4)cccc3n2)nn1C. The van der Waals surface area contributed by atoms with Gasteiger partial charge < -0.3 is 14.0 Å². The largest absolute Gasteiger partial charge is 0.495 e. The first-order valence-corrected chi connectivity index (χ1v) is 8.64. The van der Waals surface area contributed by atoms with Crippen LogP contribution in [0, 0.1) is 0 Å². The smallest absolute Gasteiger partial charge is 0.481 e. The number of hydrogen-bond acceptors (Lipinski definition) is 5. The van der Waals surface area contributed by atoms with Gasteiger partial charge in [0.1, 0.15) is 0 Å². The first-order valence-electron chi connectivity index (χ1n) is 8.64. The Hall–Kier alpha value is -2.32. The summed E-state index contributed by atoms with van der Waals surface area (Å²) < 4.78 is 21.2. The third-order valence-corrected chi connectivity index (χ3v) is 5.36. The summed E-state index contributed by atoms with van der Waals surface area (Å²) in [5.74, 6) is 1.37. The van der Waals surface area contributed by atoms with E-state index in [1.54, 1.807) is 16.5 Å². The van der Waals surface area contributed by atoms with Crippen LogP contribution in [0.3, 0.4) is 0 Å². The number of nitrogens with zero attached hydrogens (tertiary/aromatic N) is 4. The number of ether oxygens (including phenoxy) is 1. The summed E-state index contributed by atoms with van der Waals surface area (Å²) >= 11 is 0. The molecule has 0 aliphatic carbocycles. The number of methoxy groups -OCH3 is 1. The summed E-state index contributed by atoms with van der Waals surface area (Å²) in [5.41, 5.74) is 1.06. The molecule has 7 nitrogen and oxygen atoms in total. The predicted molar refractivity (Wildman–Crippen MR) is 100 cm³/mol. The summed E-state index contributed by atoms with van der Waals surface area (Å²) in [6.45, 7) is 8.21. The third kappa shape index (κ3) is 2.52. The molecule has 0 amide bonds. The van der Waals surface area contributed by atoms with Gasteiger partial charge in [-0.2, -0.15) is 5.10 Å². The first kappa shape index (κ1) is 17.1. The summed E-state index contributed by atoms with van der Waals surface area (Å²) in [6, 6.07) is 7.82. The number of hydrogen-bond donors (Lipinski definition) is 0. The lowest BCUT2D eigenvalue weighted by molar-refractivity contribution is 0.00578. The Kier molecular flexibility index (Phi) is 3.68. The predicted octanol–water partition coefficient (Wildman–Crippen LogP) is 2.07. The Morgan fingerprint density at radius 3 is 2.38 bits per heavy atom. The highest BCUT2D eigenvalue weighted by Gasteiger charge is 2.52. The van der Waals surface area contributed by atoms with Gasteiger partial charge in [-0.3, -0.25) is 0 Å². The molecule has 0 bridgehead atoms. The van der Waals surface area contributed by atoms with E-state index in [1.807, 2.05) is 37.5 Å². The van der Waals surface area contributed by atoms with Gasteiger partial charge in [0, 0.05) is 24.7 Å². The van der Waals surface area contributed by atoms with Gasteiger partial charge in [0.15, 0.2) is 5.82 Å². The van der Waals surface area contributed by atoms with Crippen molar-refractivity contribution in [1.29, 1.82) is 0 Å². The molecule has 1 saturated heterocycles. The van der Waals surface area contributed by atoms with Crippen molar-refractivity contribution in [3.63, 3.8) is 0 Å². The van der Waals surface area contributed by atoms with Crippen LogP contribution >= 0.6 is 0 Å². The number of fused-ring (bicyclic) bond motifs is 1. The zero-order valence-electron chi connectivity index (χ0n) is 16.0. The van der Waals surface area contributed by atoms with E-state index in [1.165, 1.54) is 0 Å². The molecule has 1 aromatic carbocycles. The highest BCUT2D eigenvalue weighted by atomic mass is 16.7. The standard InChI is InChI=1S/C18H23BN4O3/c1-17(2)18(3,4)26-19(25-17)13-8-7-9-14-12(13)11-23(20-14)15-10-16(24-6)22(5)21-15/h7-11H,1-6H3. The monoisotopic (exact) mass is 354 g/mol. The molecular weight excluding hydrogens is 331 g/mol. The lowest BCUT2D eigenvalue weighted by Gasteiger charge is -2.32. The van der Waals surface area contributed by atoms with E-state index in [9.17, 15) is 0 Å². The molecule has 3 aromatic rings. The van der Waals surface area contributed by atoms with Crippen LogP contribution in [0.1, 0.15) is 27.7 Å². The van der Waals surface area contributed by atoms with Crippen LogP contribution in [-0.4, -0.2) is 45.0 Å². The molecule has 0 saturated carbocycles. The van der Waals surface area contributed by atoms with E-state index in [0.717, 1.165) is 16.4 Å². The molecule has 0 N–H and O–H groups in total. The van der Waals surface area contributed by atoms with Gasteiger partial charge in [0.2, 0.25) is 5.88 Å². The van der Waals surface area contributed by atoms with Gasteiger partial charge in [-0.05, 0) is 39.2 Å². The molecule has 1 fully saturated rings. The molecular formula is C18H23BN4O3. The summed E-state index contributed by atoms with van der Waals surface area (Å²) in [5, 5.41) is 10.1. The van der Waals surface area contributed by atoms with Crippen molar-refractivity contribution in [1.82, 2.24) is 19.6 Å². The molecule has 1 aliphatic heterocycles. The molecule has 1 aliphatic rings. The van der Waals surface area contributed by atoms with E-state index < -0.39 is 7.12 Å². The van der Waals surface area contributed by atoms with Gasteiger partial charge in [0.05, 0.1) is 23.8 Å². The maximum absolute atomic E-state index is 6.21. The van der Waals surface area contributed by atoms with Crippen molar-refractivity contribution in [2.75, 3.05) is 7.11 Å². The fourth-order valence-electron chi connectivity index (χ4n) is 3.10. The maximum atomic E-state index is 6.21. The van der Waals surface area contributed by atoms with E-state index in [0.29, 0.717) is 11.7 Å². The van der Waals surface area contributed by atoms with Crippen molar-refractivity contribution < 1.29 is 14.0 Å². The van der Waals surface area contributed by atoms with E-state index in [4.69, 9.17) is 14.0 Å². The Morgan fingerprint density at radius 2 is 1.77 bits per heavy atom. The fourth-order valence-corrected chi connectivity index (χ4v) is 3.10. The van der Waals surface area contributed by atoms with Crippen LogP contribution < -0.4 is 10.2 Å². The van der Waals surface area contributed by atoms with E-state index in [2.05, 4.69) is 37.9 Å². The molecule has 0 spiro atoms. The van der Waals surface area contributed by atoms with Crippen LogP contribution in [-0.2, 0) is 16.4 Å². The van der Waals surface area contributed by atoms with Crippen LogP contribution in [0.4, 0.5) is 0 Å². The maximum Gasteiger partial charge on any atom is 0.495 e. The summed E-state index contributed by atoms with van der Waals surface area (Å²) in [7, 11) is 3.03. The van der Waals surface area contributed by atoms with Gasteiger partial charge in [-0.15, -0.1) is 5.10 Å². The lowest BCUT2D eigenvalue weighted by Crippen LogP contribution is -2.41. The van der Waals surface area contributed by atoms with Crippen molar-refractivity contribution in [3.05, 3.63) is 30.5 Å². The minimum atomic E-state index is -0.431. The van der Waals surface area contributed by atoms with Crippen LogP contribution in [0.5, 0.6) is 5.88 Å². The molecule has 4 rings (SSSR count). The average Bonchev–Trinajstić information content (AvgIpc) is 3.21. The Labute approximate surface area is 153 Å². The Morgan fingerprint density at radius 1 is 1.08 bits per heavy atom.